The lowest BCUT2D eigenvalue weighted by atomic mass is 10.2. The van der Waals surface area contributed by atoms with Crippen molar-refractivity contribution in [1.29, 1.82) is 0 Å². The Bertz CT molecular complexity index is 1090. The number of nitro groups is 1. The van der Waals surface area contributed by atoms with Crippen LogP contribution in [0.5, 0.6) is 0 Å². The number of benzene rings is 3. The number of nitrogens with one attached hydrogen (secondary N) is 1. The molecule has 0 saturated carbocycles. The van der Waals surface area contributed by atoms with E-state index in [9.17, 15) is 19.7 Å². The van der Waals surface area contributed by atoms with Crippen molar-refractivity contribution in [1.82, 2.24) is 0 Å². The molecule has 3 rings (SSSR count). The van der Waals surface area contributed by atoms with Gasteiger partial charge in [-0.15, -0.1) is 0 Å². The Balaban J connectivity index is 1.64. The lowest BCUT2D eigenvalue weighted by Crippen LogP contribution is -2.21. The van der Waals surface area contributed by atoms with E-state index in [1.54, 1.807) is 12.1 Å². The molecule has 3 aromatic carbocycles. The van der Waals surface area contributed by atoms with E-state index < -0.39 is 23.4 Å². The van der Waals surface area contributed by atoms with Crippen LogP contribution in [-0.2, 0) is 9.53 Å². The van der Waals surface area contributed by atoms with Gasteiger partial charge < -0.3 is 10.1 Å². The summed E-state index contributed by atoms with van der Waals surface area (Å²) in [5, 5.41) is 13.6. The molecule has 0 radical (unpaired) electrons. The molecule has 0 aliphatic rings. The molecule has 0 bridgehead atoms. The molecule has 0 aliphatic carbocycles. The number of hydrogen-bond donors (Lipinski definition) is 1. The van der Waals surface area contributed by atoms with Crippen LogP contribution in [-0.4, -0.2) is 23.4 Å². The number of anilines is 1. The Morgan fingerprint density at radius 3 is 2.47 bits per heavy atom. The number of nitrogens with zero attached hydrogens (tertiary/aromatic N) is 1. The van der Waals surface area contributed by atoms with Gasteiger partial charge in [-0.05, 0) is 30.3 Å². The molecule has 0 aromatic heterocycles. The van der Waals surface area contributed by atoms with Crippen LogP contribution in [0, 0.1) is 10.1 Å². The van der Waals surface area contributed by atoms with E-state index >= 15 is 0 Å². The first-order valence-corrected chi connectivity index (χ1v) is 9.86. The number of hydrogen-bond acceptors (Lipinski definition) is 6. The molecule has 9 heteroatoms. The quantitative estimate of drug-likeness (QED) is 0.307. The van der Waals surface area contributed by atoms with Crippen molar-refractivity contribution < 1.29 is 19.2 Å². The average Bonchev–Trinajstić information content (AvgIpc) is 2.74. The number of ether oxygens (including phenoxy) is 1. The summed E-state index contributed by atoms with van der Waals surface area (Å²) in [5.41, 5.74) is 0.0853. The van der Waals surface area contributed by atoms with Crippen molar-refractivity contribution in [3.63, 3.8) is 0 Å². The van der Waals surface area contributed by atoms with Crippen LogP contribution in [0.3, 0.4) is 0 Å². The molecule has 0 atom stereocenters. The number of non-ortho nitro benzene ring substituents is 1. The topological polar surface area (TPSA) is 98.5 Å². The van der Waals surface area contributed by atoms with E-state index in [2.05, 4.69) is 5.32 Å². The third-order valence-corrected chi connectivity index (χ3v) is 5.26. The van der Waals surface area contributed by atoms with E-state index in [0.29, 0.717) is 5.69 Å². The van der Waals surface area contributed by atoms with Gasteiger partial charge in [0, 0.05) is 21.9 Å². The highest BCUT2D eigenvalue weighted by atomic mass is 35.5. The maximum absolute atomic E-state index is 12.3. The third-order valence-electron chi connectivity index (χ3n) is 3.85. The summed E-state index contributed by atoms with van der Waals surface area (Å²) in [7, 11) is 0. The van der Waals surface area contributed by atoms with Gasteiger partial charge in [0.15, 0.2) is 6.61 Å². The lowest BCUT2D eigenvalue weighted by molar-refractivity contribution is -0.384. The summed E-state index contributed by atoms with van der Waals surface area (Å²) in [5.74, 6) is -1.48. The van der Waals surface area contributed by atoms with Crippen LogP contribution in [0.1, 0.15) is 10.4 Å². The predicted molar refractivity (Wildman–Crippen MR) is 114 cm³/mol. The number of esters is 1. The number of nitro benzene ring substituents is 1. The number of carbonyl (C=O) groups is 2. The Morgan fingerprint density at radius 1 is 1.03 bits per heavy atom. The summed E-state index contributed by atoms with van der Waals surface area (Å²) in [4.78, 5) is 36.5. The molecule has 0 spiro atoms. The number of para-hydroxylation sites is 1. The van der Waals surface area contributed by atoms with Crippen molar-refractivity contribution in [2.75, 3.05) is 11.9 Å². The average molecular weight is 443 g/mol. The van der Waals surface area contributed by atoms with Crippen LogP contribution in [0.2, 0.25) is 5.02 Å². The number of halogens is 1. The molecule has 7 nitrogen and oxygen atoms in total. The van der Waals surface area contributed by atoms with Crippen LogP contribution in [0.15, 0.2) is 82.6 Å². The Hall–Kier alpha value is -3.36. The van der Waals surface area contributed by atoms with E-state index in [1.807, 2.05) is 42.5 Å². The van der Waals surface area contributed by atoms with E-state index in [1.165, 1.54) is 23.9 Å². The Labute approximate surface area is 181 Å². The normalized spacial score (nSPS) is 10.3. The zero-order chi connectivity index (χ0) is 21.5. The fourth-order valence-corrected chi connectivity index (χ4v) is 3.57. The minimum absolute atomic E-state index is 0.00406. The summed E-state index contributed by atoms with van der Waals surface area (Å²) < 4.78 is 4.97. The summed E-state index contributed by atoms with van der Waals surface area (Å²) in [6.45, 7) is -0.567. The van der Waals surface area contributed by atoms with Crippen LogP contribution in [0.4, 0.5) is 11.4 Å². The molecule has 0 unspecified atom stereocenters. The summed E-state index contributed by atoms with van der Waals surface area (Å²) >= 11 is 7.39. The van der Waals surface area contributed by atoms with Crippen molar-refractivity contribution in [2.24, 2.45) is 0 Å². The summed E-state index contributed by atoms with van der Waals surface area (Å²) in [6, 6.07) is 20.3. The van der Waals surface area contributed by atoms with Gasteiger partial charge in [0.2, 0.25) is 0 Å². The highest BCUT2D eigenvalue weighted by Gasteiger charge is 2.18. The van der Waals surface area contributed by atoms with Crippen molar-refractivity contribution >= 4 is 46.6 Å². The highest BCUT2D eigenvalue weighted by molar-refractivity contribution is 7.99. The third kappa shape index (κ3) is 5.59. The van der Waals surface area contributed by atoms with Gasteiger partial charge in [0.05, 0.1) is 21.2 Å². The second-order valence-corrected chi connectivity index (χ2v) is 7.48. The zero-order valence-corrected chi connectivity index (χ0v) is 17.0. The molecular weight excluding hydrogens is 428 g/mol. The minimum Gasteiger partial charge on any atom is -0.452 e. The number of rotatable bonds is 7. The molecule has 0 fully saturated rings. The fourth-order valence-electron chi connectivity index (χ4n) is 2.45. The van der Waals surface area contributed by atoms with Crippen molar-refractivity contribution in [2.45, 2.75) is 9.79 Å². The van der Waals surface area contributed by atoms with E-state index in [-0.39, 0.29) is 16.3 Å². The number of amides is 1. The maximum atomic E-state index is 12.3. The largest absolute Gasteiger partial charge is 0.452 e. The van der Waals surface area contributed by atoms with Crippen molar-refractivity contribution in [3.8, 4) is 0 Å². The van der Waals surface area contributed by atoms with Gasteiger partial charge in [-0.25, -0.2) is 4.79 Å². The van der Waals surface area contributed by atoms with Crippen molar-refractivity contribution in [3.05, 3.63) is 93.5 Å². The second-order valence-electron chi connectivity index (χ2n) is 5.96. The van der Waals surface area contributed by atoms with Gasteiger partial charge in [-0.3, -0.25) is 14.9 Å². The monoisotopic (exact) mass is 442 g/mol. The second kappa shape index (κ2) is 9.91. The smallest absolute Gasteiger partial charge is 0.340 e. The SMILES string of the molecule is O=C(COC(=O)c1cc([N+](=O)[O-])ccc1Cl)Nc1ccccc1Sc1ccccc1. The zero-order valence-electron chi connectivity index (χ0n) is 15.4. The first kappa shape index (κ1) is 21.4. The van der Waals surface area contributed by atoms with Gasteiger partial charge >= 0.3 is 5.97 Å². The van der Waals surface area contributed by atoms with Crippen LogP contribution < -0.4 is 5.32 Å². The molecule has 0 aliphatic heterocycles. The molecule has 0 heterocycles. The van der Waals surface area contributed by atoms with Crippen LogP contribution >= 0.6 is 23.4 Å². The predicted octanol–water partition coefficient (Wildman–Crippen LogP) is 5.19. The Kier molecular flexibility index (Phi) is 7.05. The number of carbonyl (C=O) groups excluding carboxylic acids is 2. The maximum Gasteiger partial charge on any atom is 0.340 e. The Morgan fingerprint density at radius 2 is 1.73 bits per heavy atom. The summed E-state index contributed by atoms with van der Waals surface area (Å²) in [6.07, 6.45) is 0. The van der Waals surface area contributed by atoms with E-state index in [0.717, 1.165) is 15.9 Å². The van der Waals surface area contributed by atoms with Gasteiger partial charge in [-0.2, -0.15) is 0 Å². The first-order valence-electron chi connectivity index (χ1n) is 8.67. The minimum atomic E-state index is -0.925. The molecule has 3 aromatic rings. The fraction of sp³-hybridized carbons (Fsp3) is 0.0476. The highest BCUT2D eigenvalue weighted by Crippen LogP contribution is 2.33. The van der Waals surface area contributed by atoms with E-state index in [4.69, 9.17) is 16.3 Å². The van der Waals surface area contributed by atoms with Gasteiger partial charge in [0.1, 0.15) is 0 Å². The standard InChI is InChI=1S/C21H15ClN2O5S/c22-17-11-10-14(24(27)28)12-16(17)21(26)29-13-20(25)23-18-8-4-5-9-19(18)30-15-6-2-1-3-7-15/h1-12H,13H2,(H,23,25). The molecule has 1 amide bonds. The molecule has 30 heavy (non-hydrogen) atoms. The van der Waals surface area contributed by atoms with Gasteiger partial charge in [0.25, 0.3) is 11.6 Å². The lowest BCUT2D eigenvalue weighted by Gasteiger charge is -2.11. The van der Waals surface area contributed by atoms with Gasteiger partial charge in [-0.1, -0.05) is 53.7 Å². The first-order chi connectivity index (χ1) is 14.4. The molecular formula is C21H15ClN2O5S. The molecule has 0 saturated heterocycles. The van der Waals surface area contributed by atoms with Crippen LogP contribution in [0.25, 0.3) is 0 Å². The molecule has 1 N–H and O–H groups in total. The molecule has 152 valence electrons.